The van der Waals surface area contributed by atoms with Gasteiger partial charge in [-0.1, -0.05) is 11.6 Å². The van der Waals surface area contributed by atoms with Crippen LogP contribution in [0.2, 0.25) is 5.02 Å². The highest BCUT2D eigenvalue weighted by Crippen LogP contribution is 2.29. The van der Waals surface area contributed by atoms with Crippen LogP contribution in [0.4, 0.5) is 11.6 Å². The SMILES string of the molecule is COCCCNC(=O)c1ccnc(Nc2cc(Cl)ccc2OC)n1. The molecule has 2 rings (SSSR count). The molecule has 0 saturated heterocycles. The monoisotopic (exact) mass is 350 g/mol. The number of hydrogen-bond donors (Lipinski definition) is 2. The minimum atomic E-state index is -0.269. The lowest BCUT2D eigenvalue weighted by molar-refractivity contribution is 0.0943. The van der Waals surface area contributed by atoms with Gasteiger partial charge in [0.1, 0.15) is 11.4 Å². The Hall–Kier alpha value is -2.38. The zero-order valence-electron chi connectivity index (χ0n) is 13.5. The number of aromatic nitrogens is 2. The van der Waals surface area contributed by atoms with E-state index in [4.69, 9.17) is 21.1 Å². The number of nitrogens with zero attached hydrogens (tertiary/aromatic N) is 2. The van der Waals surface area contributed by atoms with Gasteiger partial charge in [0.25, 0.3) is 5.91 Å². The average molecular weight is 351 g/mol. The fraction of sp³-hybridized carbons (Fsp3) is 0.312. The number of anilines is 2. The first-order chi connectivity index (χ1) is 11.6. The molecular weight excluding hydrogens is 332 g/mol. The van der Waals surface area contributed by atoms with E-state index in [-0.39, 0.29) is 17.5 Å². The number of halogens is 1. The Morgan fingerprint density at radius 3 is 2.88 bits per heavy atom. The minimum absolute atomic E-state index is 0.269. The summed E-state index contributed by atoms with van der Waals surface area (Å²) in [4.78, 5) is 20.4. The van der Waals surface area contributed by atoms with Gasteiger partial charge in [0.15, 0.2) is 0 Å². The maximum absolute atomic E-state index is 12.1. The van der Waals surface area contributed by atoms with E-state index in [0.717, 1.165) is 6.42 Å². The second-order valence-electron chi connectivity index (χ2n) is 4.84. The first-order valence-corrected chi connectivity index (χ1v) is 7.72. The molecule has 0 fully saturated rings. The van der Waals surface area contributed by atoms with E-state index in [1.807, 2.05) is 0 Å². The van der Waals surface area contributed by atoms with Gasteiger partial charge in [0, 0.05) is 31.5 Å². The van der Waals surface area contributed by atoms with Crippen molar-refractivity contribution in [3.63, 3.8) is 0 Å². The Kier molecular flexibility index (Phi) is 6.77. The molecule has 8 heteroatoms. The molecule has 1 aromatic heterocycles. The summed E-state index contributed by atoms with van der Waals surface area (Å²) in [5, 5.41) is 6.32. The van der Waals surface area contributed by atoms with Crippen molar-refractivity contribution >= 4 is 29.1 Å². The summed E-state index contributed by atoms with van der Waals surface area (Å²) in [5.74, 6) is 0.604. The maximum Gasteiger partial charge on any atom is 0.270 e. The molecule has 0 saturated carbocycles. The lowest BCUT2D eigenvalue weighted by atomic mass is 10.3. The van der Waals surface area contributed by atoms with E-state index < -0.39 is 0 Å². The molecule has 1 amide bonds. The van der Waals surface area contributed by atoms with E-state index in [0.29, 0.717) is 29.6 Å². The maximum atomic E-state index is 12.1. The summed E-state index contributed by atoms with van der Waals surface area (Å²) in [6, 6.07) is 6.70. The van der Waals surface area contributed by atoms with Crippen LogP contribution in [0.5, 0.6) is 5.75 Å². The highest BCUT2D eigenvalue weighted by Gasteiger charge is 2.10. The van der Waals surface area contributed by atoms with Gasteiger partial charge in [-0.15, -0.1) is 0 Å². The van der Waals surface area contributed by atoms with Crippen molar-refractivity contribution in [1.29, 1.82) is 0 Å². The van der Waals surface area contributed by atoms with E-state index in [1.165, 1.54) is 6.20 Å². The predicted molar refractivity (Wildman–Crippen MR) is 92.1 cm³/mol. The minimum Gasteiger partial charge on any atom is -0.495 e. The zero-order chi connectivity index (χ0) is 17.4. The third kappa shape index (κ3) is 5.07. The van der Waals surface area contributed by atoms with Crippen LogP contribution in [-0.4, -0.2) is 43.2 Å². The number of nitrogens with one attached hydrogen (secondary N) is 2. The molecule has 128 valence electrons. The molecule has 2 N–H and O–H groups in total. The molecule has 0 radical (unpaired) electrons. The summed E-state index contributed by atoms with van der Waals surface area (Å²) in [7, 11) is 3.17. The lowest BCUT2D eigenvalue weighted by Crippen LogP contribution is -2.26. The van der Waals surface area contributed by atoms with Gasteiger partial charge in [-0.2, -0.15) is 0 Å². The van der Waals surface area contributed by atoms with Crippen LogP contribution in [-0.2, 0) is 4.74 Å². The Labute approximate surface area is 145 Å². The first kappa shape index (κ1) is 18.0. The summed E-state index contributed by atoms with van der Waals surface area (Å²) < 4.78 is 10.2. The molecule has 7 nitrogen and oxygen atoms in total. The Bertz CT molecular complexity index is 697. The Morgan fingerprint density at radius 1 is 1.29 bits per heavy atom. The zero-order valence-corrected chi connectivity index (χ0v) is 14.3. The van der Waals surface area contributed by atoms with Crippen LogP contribution in [0.25, 0.3) is 0 Å². The number of benzene rings is 1. The second-order valence-corrected chi connectivity index (χ2v) is 5.27. The van der Waals surface area contributed by atoms with Gasteiger partial charge in [0.2, 0.25) is 5.95 Å². The molecule has 0 aliphatic heterocycles. The Balaban J connectivity index is 2.07. The number of rotatable bonds is 8. The van der Waals surface area contributed by atoms with Crippen LogP contribution < -0.4 is 15.4 Å². The predicted octanol–water partition coefficient (Wildman–Crippen LogP) is 2.65. The molecule has 1 aromatic carbocycles. The van der Waals surface area contributed by atoms with Crippen molar-refractivity contribution in [1.82, 2.24) is 15.3 Å². The summed E-state index contributed by atoms with van der Waals surface area (Å²) in [6.07, 6.45) is 2.24. The lowest BCUT2D eigenvalue weighted by Gasteiger charge is -2.11. The van der Waals surface area contributed by atoms with Crippen LogP contribution in [0, 0.1) is 0 Å². The smallest absolute Gasteiger partial charge is 0.270 e. The van der Waals surface area contributed by atoms with Gasteiger partial charge in [-0.3, -0.25) is 4.79 Å². The van der Waals surface area contributed by atoms with Gasteiger partial charge in [0.05, 0.1) is 12.8 Å². The molecule has 0 spiro atoms. The van der Waals surface area contributed by atoms with Crippen molar-refractivity contribution in [2.24, 2.45) is 0 Å². The number of amides is 1. The number of methoxy groups -OCH3 is 2. The molecule has 24 heavy (non-hydrogen) atoms. The molecule has 0 atom stereocenters. The standard InChI is InChI=1S/C16H19ClN4O3/c1-23-9-3-7-18-15(22)12-6-8-19-16(20-12)21-13-10-11(17)4-5-14(13)24-2/h4-6,8,10H,3,7,9H2,1-2H3,(H,18,22)(H,19,20,21). The Morgan fingerprint density at radius 2 is 2.12 bits per heavy atom. The molecule has 0 aliphatic carbocycles. The molecule has 0 aliphatic rings. The topological polar surface area (TPSA) is 85.4 Å². The number of carbonyl (C=O) groups excluding carboxylic acids is 1. The summed E-state index contributed by atoms with van der Waals surface area (Å²) in [5.41, 5.74) is 0.883. The van der Waals surface area contributed by atoms with Crippen molar-refractivity contribution in [3.05, 3.63) is 41.2 Å². The van der Waals surface area contributed by atoms with Crippen LogP contribution in [0.15, 0.2) is 30.5 Å². The highest BCUT2D eigenvalue weighted by molar-refractivity contribution is 6.31. The molecule has 2 aromatic rings. The number of hydrogen-bond acceptors (Lipinski definition) is 6. The normalized spacial score (nSPS) is 10.3. The molecule has 0 unspecified atom stereocenters. The quantitative estimate of drug-likeness (QED) is 0.712. The van der Waals surface area contributed by atoms with Gasteiger partial charge in [-0.25, -0.2) is 9.97 Å². The van der Waals surface area contributed by atoms with Gasteiger partial charge in [-0.05, 0) is 30.7 Å². The number of carbonyl (C=O) groups is 1. The van der Waals surface area contributed by atoms with E-state index in [2.05, 4.69) is 20.6 Å². The largest absolute Gasteiger partial charge is 0.495 e. The van der Waals surface area contributed by atoms with E-state index in [9.17, 15) is 4.79 Å². The molecule has 0 bridgehead atoms. The first-order valence-electron chi connectivity index (χ1n) is 7.35. The average Bonchev–Trinajstić information content (AvgIpc) is 2.59. The van der Waals surface area contributed by atoms with Crippen molar-refractivity contribution < 1.29 is 14.3 Å². The van der Waals surface area contributed by atoms with Crippen LogP contribution in [0.1, 0.15) is 16.9 Å². The van der Waals surface area contributed by atoms with Gasteiger partial charge >= 0.3 is 0 Å². The van der Waals surface area contributed by atoms with Crippen molar-refractivity contribution in [3.8, 4) is 5.75 Å². The summed E-state index contributed by atoms with van der Waals surface area (Å²) in [6.45, 7) is 1.10. The highest BCUT2D eigenvalue weighted by atomic mass is 35.5. The van der Waals surface area contributed by atoms with Crippen LogP contribution in [0.3, 0.4) is 0 Å². The molecule has 1 heterocycles. The van der Waals surface area contributed by atoms with Crippen LogP contribution >= 0.6 is 11.6 Å². The molecular formula is C16H19ClN4O3. The van der Waals surface area contributed by atoms with E-state index >= 15 is 0 Å². The van der Waals surface area contributed by atoms with Crippen molar-refractivity contribution in [2.75, 3.05) is 32.7 Å². The third-order valence-corrected chi connectivity index (χ3v) is 3.34. The van der Waals surface area contributed by atoms with Crippen molar-refractivity contribution in [2.45, 2.75) is 6.42 Å². The van der Waals surface area contributed by atoms with E-state index in [1.54, 1.807) is 38.5 Å². The summed E-state index contributed by atoms with van der Waals surface area (Å²) >= 11 is 5.99. The number of ether oxygens (including phenoxy) is 2. The third-order valence-electron chi connectivity index (χ3n) is 3.11. The fourth-order valence-corrected chi connectivity index (χ4v) is 2.12. The fourth-order valence-electron chi connectivity index (χ4n) is 1.95. The van der Waals surface area contributed by atoms with Gasteiger partial charge < -0.3 is 20.1 Å². The second kappa shape index (κ2) is 9.05.